The van der Waals surface area contributed by atoms with E-state index in [1.165, 1.54) is 18.2 Å². The minimum absolute atomic E-state index is 0.00349. The zero-order valence-electron chi connectivity index (χ0n) is 29.5. The molecule has 0 unspecified atom stereocenters. The monoisotopic (exact) mass is 804 g/mol. The number of hydrogen-bond donors (Lipinski definition) is 5. The summed E-state index contributed by atoms with van der Waals surface area (Å²) >= 11 is 6.03. The first kappa shape index (κ1) is 39.7. The summed E-state index contributed by atoms with van der Waals surface area (Å²) in [6.45, 7) is 2.34. The first-order valence-electron chi connectivity index (χ1n) is 17.7. The van der Waals surface area contributed by atoms with E-state index in [1.54, 1.807) is 24.3 Å². The number of sulfonamides is 1. The number of hydrogen-bond acceptors (Lipinski definition) is 11. The maximum Gasteiger partial charge on any atom is 0.422 e. The molecule has 3 fully saturated rings. The Kier molecular flexibility index (Phi) is 11.6. The standard InChI is InChI=1S/C36H40ClF3N8O6S/c1-2-23-20-35(23,30(51)48-55(52,53)27-6-5-7-27)46-28(49)8-3-4-19-41-29(50)22-9-15-26(16-10-22)42-31-43-32(45-33(44-31)54-21-36(38,39)40)47-34(17-18-34)24-11-13-25(37)14-12-24/h2,9-16,23,27H,1,3-8,17-21H2,(H,41,50)(H,46,49)(H,48,51)(H2,42,43,44,45,47)/t23-,35-/m1/s1. The molecule has 294 valence electrons. The summed E-state index contributed by atoms with van der Waals surface area (Å²) in [5.41, 5.74) is -0.201. The molecule has 2 aromatic carbocycles. The number of halogens is 4. The lowest BCUT2D eigenvalue weighted by Gasteiger charge is -2.27. The van der Waals surface area contributed by atoms with Crippen LogP contribution in [0.15, 0.2) is 61.2 Å². The minimum Gasteiger partial charge on any atom is -0.454 e. The Morgan fingerprint density at radius 2 is 1.67 bits per heavy atom. The molecular weight excluding hydrogens is 765 g/mol. The molecule has 6 rings (SSSR count). The average Bonchev–Trinajstić information content (AvgIpc) is 4.02. The van der Waals surface area contributed by atoms with Gasteiger partial charge in [0, 0.05) is 35.2 Å². The molecule has 1 aromatic heterocycles. The predicted molar refractivity (Wildman–Crippen MR) is 197 cm³/mol. The molecule has 0 spiro atoms. The summed E-state index contributed by atoms with van der Waals surface area (Å²) in [6, 6.07) is 12.9. The third-order valence-corrected chi connectivity index (χ3v) is 11.9. The van der Waals surface area contributed by atoms with Gasteiger partial charge in [-0.05, 0) is 86.9 Å². The van der Waals surface area contributed by atoms with Crippen LogP contribution in [0.4, 0.5) is 30.8 Å². The van der Waals surface area contributed by atoms with Crippen molar-refractivity contribution in [3.8, 4) is 6.01 Å². The van der Waals surface area contributed by atoms with Crippen LogP contribution >= 0.6 is 11.6 Å². The van der Waals surface area contributed by atoms with Gasteiger partial charge in [-0.3, -0.25) is 19.1 Å². The quantitative estimate of drug-likeness (QED) is 0.0831. The molecule has 2 atom stereocenters. The second-order valence-electron chi connectivity index (χ2n) is 13.9. The van der Waals surface area contributed by atoms with Gasteiger partial charge in [-0.25, -0.2) is 8.42 Å². The molecule has 3 saturated carbocycles. The number of rotatable bonds is 18. The summed E-state index contributed by atoms with van der Waals surface area (Å²) in [6.07, 6.45) is 1.31. The molecule has 0 radical (unpaired) electrons. The van der Waals surface area contributed by atoms with E-state index in [0.717, 1.165) is 24.8 Å². The van der Waals surface area contributed by atoms with Crippen molar-refractivity contribution in [1.82, 2.24) is 30.3 Å². The van der Waals surface area contributed by atoms with Gasteiger partial charge in [0.05, 0.1) is 10.8 Å². The fraction of sp³-hybridized carbons (Fsp3) is 0.444. The predicted octanol–water partition coefficient (Wildman–Crippen LogP) is 5.27. The number of alkyl halides is 3. The number of carbonyl (C=O) groups is 3. The van der Waals surface area contributed by atoms with Crippen molar-refractivity contribution in [2.75, 3.05) is 23.8 Å². The number of unbranched alkanes of at least 4 members (excludes halogenated alkanes) is 1. The van der Waals surface area contributed by atoms with Crippen molar-refractivity contribution in [3.05, 3.63) is 77.3 Å². The molecule has 1 heterocycles. The van der Waals surface area contributed by atoms with Gasteiger partial charge in [0.1, 0.15) is 5.54 Å². The van der Waals surface area contributed by atoms with Gasteiger partial charge in [-0.1, -0.05) is 36.2 Å². The van der Waals surface area contributed by atoms with Gasteiger partial charge in [-0.15, -0.1) is 6.58 Å². The third-order valence-electron chi connectivity index (χ3n) is 9.79. The summed E-state index contributed by atoms with van der Waals surface area (Å²) in [4.78, 5) is 50.8. The van der Waals surface area contributed by atoms with Gasteiger partial charge in [-0.2, -0.15) is 28.1 Å². The molecule has 3 aromatic rings. The molecule has 55 heavy (non-hydrogen) atoms. The smallest absolute Gasteiger partial charge is 0.422 e. The summed E-state index contributed by atoms with van der Waals surface area (Å²) in [5, 5.41) is 11.6. The van der Waals surface area contributed by atoms with Crippen LogP contribution in [0.5, 0.6) is 6.01 Å². The first-order valence-corrected chi connectivity index (χ1v) is 19.7. The molecule has 3 aliphatic carbocycles. The van der Waals surface area contributed by atoms with Crippen molar-refractivity contribution in [2.24, 2.45) is 5.92 Å². The zero-order chi connectivity index (χ0) is 39.4. The lowest BCUT2D eigenvalue weighted by Crippen LogP contribution is -2.54. The van der Waals surface area contributed by atoms with E-state index in [1.807, 2.05) is 12.1 Å². The van der Waals surface area contributed by atoms with Gasteiger partial charge in [0.2, 0.25) is 27.8 Å². The summed E-state index contributed by atoms with van der Waals surface area (Å²) in [5.74, 6) is -2.01. The van der Waals surface area contributed by atoms with Gasteiger partial charge >= 0.3 is 12.2 Å². The summed E-state index contributed by atoms with van der Waals surface area (Å²) in [7, 11) is -3.81. The zero-order valence-corrected chi connectivity index (χ0v) is 31.1. The van der Waals surface area contributed by atoms with Gasteiger partial charge in [0.15, 0.2) is 6.61 Å². The number of benzene rings is 2. The molecule has 0 bridgehead atoms. The topological polar surface area (TPSA) is 193 Å². The maximum atomic E-state index is 12.9. The van der Waals surface area contributed by atoms with Gasteiger partial charge < -0.3 is 26.0 Å². The van der Waals surface area contributed by atoms with Crippen molar-refractivity contribution >= 4 is 56.9 Å². The highest BCUT2D eigenvalue weighted by Gasteiger charge is 2.60. The molecular formula is C36H40ClF3N8O6S. The average molecular weight is 805 g/mol. The van der Waals surface area contributed by atoms with Gasteiger partial charge in [0.25, 0.3) is 11.8 Å². The van der Waals surface area contributed by atoms with Crippen LogP contribution < -0.4 is 30.7 Å². The third kappa shape index (κ3) is 10.0. The lowest BCUT2D eigenvalue weighted by atomic mass is 10.0. The van der Waals surface area contributed by atoms with E-state index in [4.69, 9.17) is 16.3 Å². The number of carbonyl (C=O) groups excluding carboxylic acids is 3. The number of amides is 3. The second-order valence-corrected chi connectivity index (χ2v) is 16.3. The SMILES string of the molecule is C=C[C@@H]1C[C@]1(NC(=O)CCCCNC(=O)c1ccc(Nc2nc(NC3(c4ccc(Cl)cc4)CC3)nc(OCC(F)(F)F)n2)cc1)C(=O)NS(=O)(=O)C1CCC1. The maximum absolute atomic E-state index is 12.9. The number of nitrogens with one attached hydrogen (secondary N) is 5. The van der Waals surface area contributed by atoms with Crippen molar-refractivity contribution < 1.29 is 40.7 Å². The van der Waals surface area contributed by atoms with Crippen LogP contribution in [0.25, 0.3) is 0 Å². The Labute approximate surface area is 320 Å². The van der Waals surface area contributed by atoms with Crippen molar-refractivity contribution in [1.29, 1.82) is 0 Å². The normalized spacial score (nSPS) is 20.0. The highest BCUT2D eigenvalue weighted by Crippen LogP contribution is 2.48. The van der Waals surface area contributed by atoms with E-state index in [9.17, 15) is 36.0 Å². The molecule has 5 N–H and O–H groups in total. The minimum atomic E-state index is -4.61. The van der Waals surface area contributed by atoms with E-state index < -0.39 is 57.0 Å². The Bertz CT molecular complexity index is 2030. The Morgan fingerprint density at radius 1 is 0.982 bits per heavy atom. The molecule has 19 heteroatoms. The molecule has 0 aliphatic heterocycles. The molecule has 3 aliphatic rings. The van der Waals surface area contributed by atoms with Crippen LogP contribution in [-0.2, 0) is 25.2 Å². The molecule has 0 saturated heterocycles. The number of aromatic nitrogens is 3. The Morgan fingerprint density at radius 3 is 2.27 bits per heavy atom. The van der Waals surface area contributed by atoms with E-state index in [-0.39, 0.29) is 43.1 Å². The largest absolute Gasteiger partial charge is 0.454 e. The van der Waals surface area contributed by atoms with Crippen LogP contribution in [0.1, 0.15) is 73.7 Å². The van der Waals surface area contributed by atoms with Crippen molar-refractivity contribution in [3.63, 3.8) is 0 Å². The fourth-order valence-corrected chi connectivity index (χ4v) is 7.84. The van der Waals surface area contributed by atoms with Crippen molar-refractivity contribution in [2.45, 2.75) is 80.3 Å². The van der Waals surface area contributed by atoms with Crippen LogP contribution in [0.2, 0.25) is 5.02 Å². The van der Waals surface area contributed by atoms with Crippen LogP contribution in [0.3, 0.4) is 0 Å². The Hall–Kier alpha value is -4.97. The van der Waals surface area contributed by atoms with E-state index in [2.05, 4.69) is 47.5 Å². The fourth-order valence-electron chi connectivity index (χ4n) is 6.15. The van der Waals surface area contributed by atoms with E-state index >= 15 is 0 Å². The lowest BCUT2D eigenvalue weighted by molar-refractivity contribution is -0.154. The van der Waals surface area contributed by atoms with E-state index in [0.29, 0.717) is 42.0 Å². The number of anilines is 3. The Balaban J connectivity index is 0.984. The highest BCUT2D eigenvalue weighted by molar-refractivity contribution is 7.90. The molecule has 14 nitrogen and oxygen atoms in total. The van der Waals surface area contributed by atoms with Crippen LogP contribution in [-0.4, -0.2) is 71.2 Å². The second kappa shape index (κ2) is 16.0. The summed E-state index contributed by atoms with van der Waals surface area (Å²) < 4.78 is 70.7. The highest BCUT2D eigenvalue weighted by atomic mass is 35.5. The molecule has 3 amide bonds. The first-order chi connectivity index (χ1) is 26.1. The van der Waals surface area contributed by atoms with Crippen LogP contribution in [0, 0.1) is 5.92 Å². The number of ether oxygens (including phenoxy) is 1. The number of nitrogens with zero attached hydrogens (tertiary/aromatic N) is 3.